The second-order valence-electron chi connectivity index (χ2n) is 6.02. The molecule has 1 heterocycles. The Bertz CT molecular complexity index is 1100. The Labute approximate surface area is 156 Å². The highest BCUT2D eigenvalue weighted by atomic mass is 32.2. The topological polar surface area (TPSA) is 98.1 Å². The summed E-state index contributed by atoms with van der Waals surface area (Å²) in [5.41, 5.74) is 1.30. The molecule has 1 amide bonds. The summed E-state index contributed by atoms with van der Waals surface area (Å²) in [6.07, 6.45) is 4.35. The monoisotopic (exact) mass is 383 g/mol. The number of sulfone groups is 1. The quantitative estimate of drug-likeness (QED) is 0.682. The van der Waals surface area contributed by atoms with Gasteiger partial charge in [-0.05, 0) is 48.5 Å². The molecule has 0 aliphatic rings. The van der Waals surface area contributed by atoms with Crippen LogP contribution in [0, 0.1) is 0 Å². The minimum atomic E-state index is -3.31. The third kappa shape index (κ3) is 4.12. The maximum atomic E-state index is 12.4. The van der Waals surface area contributed by atoms with Gasteiger partial charge in [-0.1, -0.05) is 0 Å². The molecule has 0 aliphatic carbocycles. The van der Waals surface area contributed by atoms with Crippen molar-refractivity contribution in [2.24, 2.45) is 7.05 Å². The second kappa shape index (κ2) is 7.16. The number of aryl methyl sites for hydroxylation is 1. The molecule has 0 saturated heterocycles. The first-order valence-electron chi connectivity index (χ1n) is 7.99. The van der Waals surface area contributed by atoms with Crippen LogP contribution in [0.1, 0.15) is 26.5 Å². The van der Waals surface area contributed by atoms with Crippen LogP contribution in [0.15, 0.2) is 65.8 Å². The predicted molar refractivity (Wildman–Crippen MR) is 101 cm³/mol. The van der Waals surface area contributed by atoms with E-state index in [0.717, 1.165) is 6.26 Å². The SMILES string of the molecule is Cn1ccnc1C(=O)c1ccc(NC(=O)c2ccc(S(C)(=O)=O)cc2)cc1. The summed E-state index contributed by atoms with van der Waals surface area (Å²) in [6, 6.07) is 12.1. The first-order chi connectivity index (χ1) is 12.8. The Balaban J connectivity index is 1.72. The Morgan fingerprint density at radius 3 is 2.07 bits per heavy atom. The van der Waals surface area contributed by atoms with Crippen LogP contribution in [0.5, 0.6) is 0 Å². The molecule has 0 aliphatic heterocycles. The lowest BCUT2D eigenvalue weighted by molar-refractivity contribution is 0.102. The average molecular weight is 383 g/mol. The van der Waals surface area contributed by atoms with Crippen molar-refractivity contribution in [2.45, 2.75) is 4.90 Å². The van der Waals surface area contributed by atoms with E-state index < -0.39 is 9.84 Å². The highest BCUT2D eigenvalue weighted by molar-refractivity contribution is 7.90. The van der Waals surface area contributed by atoms with Crippen molar-refractivity contribution < 1.29 is 18.0 Å². The molecule has 3 aromatic rings. The van der Waals surface area contributed by atoms with E-state index in [-0.39, 0.29) is 16.6 Å². The fourth-order valence-electron chi connectivity index (χ4n) is 2.48. The van der Waals surface area contributed by atoms with Crippen LogP contribution >= 0.6 is 0 Å². The minimum Gasteiger partial charge on any atom is -0.331 e. The molecular weight excluding hydrogens is 366 g/mol. The summed E-state index contributed by atoms with van der Waals surface area (Å²) in [4.78, 5) is 28.8. The van der Waals surface area contributed by atoms with Crippen LogP contribution in [0.3, 0.4) is 0 Å². The molecule has 0 atom stereocenters. The number of nitrogens with one attached hydrogen (secondary N) is 1. The Kier molecular flexibility index (Phi) is 4.91. The molecule has 7 nitrogen and oxygen atoms in total. The highest BCUT2D eigenvalue weighted by Gasteiger charge is 2.14. The molecule has 0 unspecified atom stereocenters. The van der Waals surface area contributed by atoms with Crippen LogP contribution in [0.4, 0.5) is 5.69 Å². The third-order valence-electron chi connectivity index (χ3n) is 3.97. The Morgan fingerprint density at radius 1 is 0.963 bits per heavy atom. The van der Waals surface area contributed by atoms with Gasteiger partial charge in [0, 0.05) is 42.5 Å². The van der Waals surface area contributed by atoms with Crippen molar-refractivity contribution in [1.29, 1.82) is 0 Å². The van der Waals surface area contributed by atoms with Gasteiger partial charge in [-0.25, -0.2) is 13.4 Å². The lowest BCUT2D eigenvalue weighted by atomic mass is 10.1. The van der Waals surface area contributed by atoms with E-state index in [1.54, 1.807) is 48.3 Å². The molecule has 0 fully saturated rings. The van der Waals surface area contributed by atoms with Gasteiger partial charge < -0.3 is 9.88 Å². The van der Waals surface area contributed by atoms with E-state index in [4.69, 9.17) is 0 Å². The van der Waals surface area contributed by atoms with Crippen LogP contribution < -0.4 is 5.32 Å². The van der Waals surface area contributed by atoms with Crippen molar-refractivity contribution in [3.05, 3.63) is 77.9 Å². The third-order valence-corrected chi connectivity index (χ3v) is 5.10. The number of benzene rings is 2. The van der Waals surface area contributed by atoms with Gasteiger partial charge in [-0.2, -0.15) is 0 Å². The lowest BCUT2D eigenvalue weighted by Gasteiger charge is -2.07. The zero-order valence-electron chi connectivity index (χ0n) is 14.7. The number of ketones is 1. The number of carbonyl (C=O) groups is 2. The number of rotatable bonds is 5. The number of aromatic nitrogens is 2. The molecule has 0 radical (unpaired) electrons. The van der Waals surface area contributed by atoms with Crippen molar-refractivity contribution >= 4 is 27.2 Å². The number of carbonyl (C=O) groups excluding carboxylic acids is 2. The van der Waals surface area contributed by atoms with Gasteiger partial charge in [-0.15, -0.1) is 0 Å². The summed E-state index contributed by atoms with van der Waals surface area (Å²) in [5, 5.41) is 2.71. The summed E-state index contributed by atoms with van der Waals surface area (Å²) in [5.74, 6) is -0.257. The predicted octanol–water partition coefficient (Wildman–Crippen LogP) is 2.31. The normalized spacial score (nSPS) is 11.2. The number of hydrogen-bond donors (Lipinski definition) is 1. The number of hydrogen-bond acceptors (Lipinski definition) is 5. The van der Waals surface area contributed by atoms with Crippen molar-refractivity contribution in [3.63, 3.8) is 0 Å². The zero-order chi connectivity index (χ0) is 19.6. The van der Waals surface area contributed by atoms with Gasteiger partial charge in [-0.3, -0.25) is 9.59 Å². The molecule has 1 N–H and O–H groups in total. The van der Waals surface area contributed by atoms with E-state index in [0.29, 0.717) is 22.6 Å². The van der Waals surface area contributed by atoms with E-state index in [9.17, 15) is 18.0 Å². The molecule has 3 rings (SSSR count). The van der Waals surface area contributed by atoms with Gasteiger partial charge in [0.15, 0.2) is 15.7 Å². The van der Waals surface area contributed by atoms with Crippen LogP contribution in [-0.4, -0.2) is 35.9 Å². The van der Waals surface area contributed by atoms with Crippen LogP contribution in [0.2, 0.25) is 0 Å². The van der Waals surface area contributed by atoms with Gasteiger partial charge in [0.05, 0.1) is 4.90 Å². The number of nitrogens with zero attached hydrogens (tertiary/aromatic N) is 2. The van der Waals surface area contributed by atoms with Crippen molar-refractivity contribution in [1.82, 2.24) is 9.55 Å². The molecule has 138 valence electrons. The summed E-state index contributed by atoms with van der Waals surface area (Å²) < 4.78 is 24.6. The molecule has 0 bridgehead atoms. The van der Waals surface area contributed by atoms with E-state index >= 15 is 0 Å². The lowest BCUT2D eigenvalue weighted by Crippen LogP contribution is -2.13. The summed E-state index contributed by atoms with van der Waals surface area (Å²) >= 11 is 0. The van der Waals surface area contributed by atoms with E-state index in [1.165, 1.54) is 24.3 Å². The number of anilines is 1. The standard InChI is InChI=1S/C19H17N3O4S/c1-22-12-11-20-18(22)17(23)13-3-7-15(8-4-13)21-19(24)14-5-9-16(10-6-14)27(2,25)26/h3-12H,1-2H3,(H,21,24). The molecule has 0 spiro atoms. The molecule has 1 aromatic heterocycles. The average Bonchev–Trinajstić information content (AvgIpc) is 3.07. The maximum Gasteiger partial charge on any atom is 0.255 e. The van der Waals surface area contributed by atoms with Gasteiger partial charge in [0.2, 0.25) is 5.78 Å². The van der Waals surface area contributed by atoms with Gasteiger partial charge in [0.25, 0.3) is 5.91 Å². The molecule has 8 heteroatoms. The van der Waals surface area contributed by atoms with Gasteiger partial charge >= 0.3 is 0 Å². The number of amides is 1. The van der Waals surface area contributed by atoms with Crippen molar-refractivity contribution in [3.8, 4) is 0 Å². The fourth-order valence-corrected chi connectivity index (χ4v) is 3.11. The number of imidazole rings is 1. The Morgan fingerprint density at radius 2 is 1.56 bits per heavy atom. The maximum absolute atomic E-state index is 12.4. The Hall–Kier alpha value is -3.26. The first-order valence-corrected chi connectivity index (χ1v) is 9.88. The van der Waals surface area contributed by atoms with E-state index in [2.05, 4.69) is 10.3 Å². The molecular formula is C19H17N3O4S. The second-order valence-corrected chi connectivity index (χ2v) is 8.03. The zero-order valence-corrected chi connectivity index (χ0v) is 15.5. The van der Waals surface area contributed by atoms with E-state index in [1.807, 2.05) is 0 Å². The smallest absolute Gasteiger partial charge is 0.255 e. The molecule has 0 saturated carbocycles. The van der Waals surface area contributed by atoms with Crippen LogP contribution in [-0.2, 0) is 16.9 Å². The molecule has 27 heavy (non-hydrogen) atoms. The largest absolute Gasteiger partial charge is 0.331 e. The fraction of sp³-hybridized carbons (Fsp3) is 0.105. The summed E-state index contributed by atoms with van der Waals surface area (Å²) in [6.45, 7) is 0. The minimum absolute atomic E-state index is 0.149. The molecule has 2 aromatic carbocycles. The van der Waals surface area contributed by atoms with Crippen molar-refractivity contribution in [2.75, 3.05) is 11.6 Å². The van der Waals surface area contributed by atoms with Crippen LogP contribution in [0.25, 0.3) is 0 Å². The highest BCUT2D eigenvalue weighted by Crippen LogP contribution is 2.15. The first kappa shape index (κ1) is 18.5. The summed E-state index contributed by atoms with van der Waals surface area (Å²) in [7, 11) is -1.57. The van der Waals surface area contributed by atoms with Gasteiger partial charge in [0.1, 0.15) is 0 Å².